The Hall–Kier alpha value is -3.32. The van der Waals surface area contributed by atoms with Gasteiger partial charge >= 0.3 is 0 Å². The number of nitrogens with zero attached hydrogens (tertiary/aromatic N) is 3. The number of hydrazine groups is 1. The van der Waals surface area contributed by atoms with E-state index < -0.39 is 11.8 Å². The van der Waals surface area contributed by atoms with Crippen LogP contribution in [0.15, 0.2) is 54.7 Å². The monoisotopic (exact) mass is 383 g/mol. The summed E-state index contributed by atoms with van der Waals surface area (Å²) in [4.78, 5) is 30.3. The SMILES string of the molecule is CN(C)c1cccc(C(=O)NNC(=O)/C=C/c2c(Cl)nc3ccccn23)c1. The van der Waals surface area contributed by atoms with Gasteiger partial charge in [0.2, 0.25) is 0 Å². The lowest BCUT2D eigenvalue weighted by atomic mass is 10.2. The average molecular weight is 384 g/mol. The lowest BCUT2D eigenvalue weighted by Crippen LogP contribution is -2.40. The van der Waals surface area contributed by atoms with E-state index >= 15 is 0 Å². The maximum absolute atomic E-state index is 12.2. The number of amides is 2. The zero-order valence-electron chi connectivity index (χ0n) is 14.8. The summed E-state index contributed by atoms with van der Waals surface area (Å²) in [7, 11) is 3.77. The van der Waals surface area contributed by atoms with Crippen molar-refractivity contribution in [1.82, 2.24) is 20.2 Å². The molecule has 0 aliphatic heterocycles. The van der Waals surface area contributed by atoms with Gasteiger partial charge in [-0.1, -0.05) is 23.7 Å². The van der Waals surface area contributed by atoms with Crippen molar-refractivity contribution in [3.05, 3.63) is 71.1 Å². The molecule has 0 bridgehead atoms. The summed E-state index contributed by atoms with van der Waals surface area (Å²) in [5.41, 5.74) is 7.31. The van der Waals surface area contributed by atoms with Gasteiger partial charge in [-0.15, -0.1) is 0 Å². The van der Waals surface area contributed by atoms with Crippen LogP contribution in [0.5, 0.6) is 0 Å². The van der Waals surface area contributed by atoms with Crippen molar-refractivity contribution in [3.63, 3.8) is 0 Å². The lowest BCUT2D eigenvalue weighted by molar-refractivity contribution is -0.117. The van der Waals surface area contributed by atoms with E-state index in [9.17, 15) is 9.59 Å². The standard InChI is InChI=1S/C19H18ClN5O2/c1-24(2)14-7-5-6-13(12-14)19(27)23-22-17(26)10-9-15-18(20)21-16-8-3-4-11-25(15)16/h3-12H,1-2H3,(H,22,26)(H,23,27)/b10-9+. The van der Waals surface area contributed by atoms with Gasteiger partial charge in [-0.05, 0) is 36.4 Å². The molecule has 0 spiro atoms. The number of anilines is 1. The van der Waals surface area contributed by atoms with Gasteiger partial charge in [0.15, 0.2) is 5.15 Å². The molecule has 0 unspecified atom stereocenters. The van der Waals surface area contributed by atoms with E-state index in [0.29, 0.717) is 16.9 Å². The molecule has 7 nitrogen and oxygen atoms in total. The van der Waals surface area contributed by atoms with Crippen molar-refractivity contribution in [2.75, 3.05) is 19.0 Å². The lowest BCUT2D eigenvalue weighted by Gasteiger charge is -2.13. The zero-order chi connectivity index (χ0) is 19.4. The van der Waals surface area contributed by atoms with Gasteiger partial charge in [-0.2, -0.15) is 0 Å². The molecule has 2 N–H and O–H groups in total. The molecule has 2 heterocycles. The van der Waals surface area contributed by atoms with Crippen LogP contribution >= 0.6 is 11.6 Å². The maximum Gasteiger partial charge on any atom is 0.269 e. The van der Waals surface area contributed by atoms with E-state index in [0.717, 1.165) is 5.69 Å². The molecular weight excluding hydrogens is 366 g/mol. The minimum Gasteiger partial charge on any atom is -0.378 e. The van der Waals surface area contributed by atoms with Crippen LogP contribution in [-0.4, -0.2) is 35.3 Å². The highest BCUT2D eigenvalue weighted by atomic mass is 35.5. The average Bonchev–Trinajstić information content (AvgIpc) is 2.99. The van der Waals surface area contributed by atoms with Crippen LogP contribution in [0, 0.1) is 0 Å². The van der Waals surface area contributed by atoms with Crippen molar-refractivity contribution in [2.45, 2.75) is 0 Å². The Morgan fingerprint density at radius 3 is 2.74 bits per heavy atom. The zero-order valence-corrected chi connectivity index (χ0v) is 15.6. The van der Waals surface area contributed by atoms with E-state index in [4.69, 9.17) is 11.6 Å². The Morgan fingerprint density at radius 2 is 1.96 bits per heavy atom. The van der Waals surface area contributed by atoms with Gasteiger partial charge < -0.3 is 4.90 Å². The molecule has 27 heavy (non-hydrogen) atoms. The quantitative estimate of drug-likeness (QED) is 0.536. The van der Waals surface area contributed by atoms with Crippen LogP contribution in [0.1, 0.15) is 16.1 Å². The summed E-state index contributed by atoms with van der Waals surface area (Å²) in [5, 5.41) is 0.287. The van der Waals surface area contributed by atoms with Crippen molar-refractivity contribution in [2.24, 2.45) is 0 Å². The summed E-state index contributed by atoms with van der Waals surface area (Å²) in [5.74, 6) is -0.901. The van der Waals surface area contributed by atoms with Crippen LogP contribution in [-0.2, 0) is 4.79 Å². The van der Waals surface area contributed by atoms with Crippen LogP contribution in [0.2, 0.25) is 5.15 Å². The van der Waals surface area contributed by atoms with Crippen LogP contribution in [0.25, 0.3) is 11.7 Å². The molecule has 2 amide bonds. The fourth-order valence-electron chi connectivity index (χ4n) is 2.45. The number of hydrogen-bond acceptors (Lipinski definition) is 4. The van der Waals surface area contributed by atoms with Crippen LogP contribution < -0.4 is 15.8 Å². The number of carbonyl (C=O) groups is 2. The number of pyridine rings is 1. The van der Waals surface area contributed by atoms with E-state index in [1.165, 1.54) is 12.2 Å². The summed E-state index contributed by atoms with van der Waals surface area (Å²) in [6, 6.07) is 12.6. The molecule has 0 saturated carbocycles. The Balaban J connectivity index is 1.64. The minimum absolute atomic E-state index is 0.287. The number of imidazole rings is 1. The Bertz CT molecular complexity index is 1030. The second kappa shape index (κ2) is 7.92. The molecule has 2 aromatic heterocycles. The second-order valence-electron chi connectivity index (χ2n) is 5.94. The Kier molecular flexibility index (Phi) is 5.42. The third-order valence-electron chi connectivity index (χ3n) is 3.84. The molecule has 0 saturated heterocycles. The highest BCUT2D eigenvalue weighted by molar-refractivity contribution is 6.31. The van der Waals surface area contributed by atoms with Gasteiger partial charge in [0, 0.05) is 37.6 Å². The fraction of sp³-hybridized carbons (Fsp3) is 0.105. The van der Waals surface area contributed by atoms with Crippen LogP contribution in [0.4, 0.5) is 5.69 Å². The van der Waals surface area contributed by atoms with Gasteiger partial charge in [0.05, 0.1) is 5.69 Å². The number of hydrogen-bond donors (Lipinski definition) is 2. The number of rotatable bonds is 4. The number of benzene rings is 1. The topological polar surface area (TPSA) is 78.7 Å². The largest absolute Gasteiger partial charge is 0.378 e. The molecular formula is C19H18ClN5O2. The first-order valence-corrected chi connectivity index (χ1v) is 8.52. The number of fused-ring (bicyclic) bond motifs is 1. The Morgan fingerprint density at radius 1 is 1.15 bits per heavy atom. The molecule has 3 aromatic rings. The third kappa shape index (κ3) is 4.27. The fourth-order valence-corrected chi connectivity index (χ4v) is 2.69. The smallest absolute Gasteiger partial charge is 0.269 e. The van der Waals surface area contributed by atoms with Crippen molar-refractivity contribution < 1.29 is 9.59 Å². The number of carbonyl (C=O) groups excluding carboxylic acids is 2. The Labute approximate surface area is 161 Å². The summed E-state index contributed by atoms with van der Waals surface area (Å²) < 4.78 is 1.76. The molecule has 0 atom stereocenters. The van der Waals surface area contributed by atoms with E-state index in [1.807, 2.05) is 43.3 Å². The first kappa shape index (κ1) is 18.5. The molecule has 138 valence electrons. The molecule has 3 rings (SSSR count). The predicted octanol–water partition coefficient (Wildman–Crippen LogP) is 2.53. The summed E-state index contributed by atoms with van der Waals surface area (Å²) >= 11 is 6.11. The molecule has 0 radical (unpaired) electrons. The van der Waals surface area contributed by atoms with Crippen molar-refractivity contribution in [1.29, 1.82) is 0 Å². The molecule has 8 heteroatoms. The molecule has 0 aliphatic carbocycles. The second-order valence-corrected chi connectivity index (χ2v) is 6.30. The highest BCUT2D eigenvalue weighted by Gasteiger charge is 2.09. The van der Waals surface area contributed by atoms with Gasteiger partial charge in [-0.3, -0.25) is 24.8 Å². The van der Waals surface area contributed by atoms with Crippen LogP contribution in [0.3, 0.4) is 0 Å². The first-order valence-electron chi connectivity index (χ1n) is 8.14. The minimum atomic E-state index is -0.492. The predicted molar refractivity (Wildman–Crippen MR) is 106 cm³/mol. The normalized spacial score (nSPS) is 10.9. The van der Waals surface area contributed by atoms with Crippen molar-refractivity contribution in [3.8, 4) is 0 Å². The summed E-state index contributed by atoms with van der Waals surface area (Å²) in [6.45, 7) is 0. The van der Waals surface area contributed by atoms with E-state index in [1.54, 1.807) is 28.8 Å². The number of nitrogens with one attached hydrogen (secondary N) is 2. The van der Waals surface area contributed by atoms with E-state index in [-0.39, 0.29) is 5.15 Å². The van der Waals surface area contributed by atoms with Gasteiger partial charge in [0.25, 0.3) is 11.8 Å². The highest BCUT2D eigenvalue weighted by Crippen LogP contribution is 2.18. The maximum atomic E-state index is 12.2. The van der Waals surface area contributed by atoms with E-state index in [2.05, 4.69) is 15.8 Å². The number of aromatic nitrogens is 2. The molecule has 1 aromatic carbocycles. The van der Waals surface area contributed by atoms with Crippen molar-refractivity contribution >= 4 is 40.8 Å². The summed E-state index contributed by atoms with van der Waals surface area (Å²) in [6.07, 6.45) is 4.61. The van der Waals surface area contributed by atoms with Gasteiger partial charge in [-0.25, -0.2) is 4.98 Å². The number of halogens is 1. The first-order chi connectivity index (χ1) is 13.0. The third-order valence-corrected chi connectivity index (χ3v) is 4.12. The molecule has 0 aliphatic rings. The van der Waals surface area contributed by atoms with Gasteiger partial charge in [0.1, 0.15) is 5.65 Å². The molecule has 0 fully saturated rings.